The summed E-state index contributed by atoms with van der Waals surface area (Å²) in [7, 11) is 0. The summed E-state index contributed by atoms with van der Waals surface area (Å²) in [6, 6.07) is 12.8. The number of benzene rings is 2. The van der Waals surface area contributed by atoms with Crippen LogP contribution >= 0.6 is 11.6 Å². The van der Waals surface area contributed by atoms with Crippen molar-refractivity contribution in [3.8, 4) is 0 Å². The van der Waals surface area contributed by atoms with Crippen LogP contribution in [0.3, 0.4) is 0 Å². The Hall–Kier alpha value is -1.88. The minimum Gasteiger partial charge on any atom is -0.396 e. The summed E-state index contributed by atoms with van der Waals surface area (Å²) in [6.07, 6.45) is 2.77. The molecule has 2 N–H and O–H groups in total. The third-order valence-electron chi connectivity index (χ3n) is 4.09. The van der Waals surface area contributed by atoms with Crippen LogP contribution in [0.1, 0.15) is 17.5 Å². The van der Waals surface area contributed by atoms with Crippen LogP contribution in [0, 0.1) is 5.82 Å². The van der Waals surface area contributed by atoms with E-state index in [2.05, 4.69) is 11.4 Å². The first kappa shape index (κ1) is 17.0. The van der Waals surface area contributed by atoms with Gasteiger partial charge in [0.2, 0.25) is 0 Å². The van der Waals surface area contributed by atoms with Gasteiger partial charge in [-0.25, -0.2) is 4.39 Å². The first-order valence-electron chi connectivity index (χ1n) is 8.02. The van der Waals surface area contributed by atoms with Crippen molar-refractivity contribution >= 4 is 22.5 Å². The average molecular weight is 347 g/mol. The van der Waals surface area contributed by atoms with Gasteiger partial charge in [-0.2, -0.15) is 0 Å². The van der Waals surface area contributed by atoms with E-state index in [0.29, 0.717) is 23.7 Å². The van der Waals surface area contributed by atoms with E-state index in [1.807, 2.05) is 29.0 Å². The number of para-hydroxylation sites is 1. The molecule has 0 saturated carbocycles. The van der Waals surface area contributed by atoms with Crippen molar-refractivity contribution < 1.29 is 9.50 Å². The predicted octanol–water partition coefficient (Wildman–Crippen LogP) is 3.95. The van der Waals surface area contributed by atoms with E-state index in [-0.39, 0.29) is 12.4 Å². The molecule has 0 aliphatic rings. The number of aliphatic hydroxyl groups excluding tert-OH is 1. The summed E-state index contributed by atoms with van der Waals surface area (Å²) in [5.41, 5.74) is 2.70. The van der Waals surface area contributed by atoms with Gasteiger partial charge >= 0.3 is 0 Å². The van der Waals surface area contributed by atoms with E-state index in [0.717, 1.165) is 29.4 Å². The number of halogens is 2. The highest BCUT2D eigenvalue weighted by Crippen LogP contribution is 2.25. The van der Waals surface area contributed by atoms with Crippen LogP contribution in [0.25, 0.3) is 10.9 Å². The summed E-state index contributed by atoms with van der Waals surface area (Å²) in [5.74, 6) is -0.289. The molecule has 0 radical (unpaired) electrons. The molecule has 3 rings (SSSR count). The maximum absolute atomic E-state index is 14.1. The lowest BCUT2D eigenvalue weighted by molar-refractivity contribution is 0.286. The van der Waals surface area contributed by atoms with Crippen molar-refractivity contribution in [3.05, 3.63) is 70.6 Å². The summed E-state index contributed by atoms with van der Waals surface area (Å²) < 4.78 is 16.1. The van der Waals surface area contributed by atoms with Crippen molar-refractivity contribution in [2.45, 2.75) is 19.5 Å². The first-order valence-corrected chi connectivity index (χ1v) is 8.39. The lowest BCUT2D eigenvalue weighted by atomic mass is 10.2. The molecule has 0 fully saturated rings. The Morgan fingerprint density at radius 3 is 2.75 bits per heavy atom. The van der Waals surface area contributed by atoms with Gasteiger partial charge < -0.3 is 15.0 Å². The maximum Gasteiger partial charge on any atom is 0.129 e. The smallest absolute Gasteiger partial charge is 0.129 e. The molecule has 0 aliphatic carbocycles. The zero-order valence-corrected chi connectivity index (χ0v) is 14.1. The van der Waals surface area contributed by atoms with E-state index < -0.39 is 0 Å². The number of rotatable bonds is 7. The number of aliphatic hydroxyl groups is 1. The molecule has 3 nitrogen and oxygen atoms in total. The third kappa shape index (κ3) is 3.61. The van der Waals surface area contributed by atoms with Gasteiger partial charge in [-0.15, -0.1) is 0 Å². The van der Waals surface area contributed by atoms with Crippen LogP contribution in [0.15, 0.2) is 48.7 Å². The lowest BCUT2D eigenvalue weighted by Gasteiger charge is -2.08. The molecule has 24 heavy (non-hydrogen) atoms. The van der Waals surface area contributed by atoms with Crippen LogP contribution < -0.4 is 5.32 Å². The van der Waals surface area contributed by atoms with Crippen molar-refractivity contribution in [2.24, 2.45) is 0 Å². The Morgan fingerprint density at radius 2 is 1.96 bits per heavy atom. The molecule has 5 heteroatoms. The maximum atomic E-state index is 14.1. The molecule has 2 aromatic carbocycles. The summed E-state index contributed by atoms with van der Waals surface area (Å²) in [6.45, 7) is 2.04. The summed E-state index contributed by atoms with van der Waals surface area (Å²) in [5, 5.41) is 13.8. The van der Waals surface area contributed by atoms with Crippen LogP contribution in [-0.4, -0.2) is 22.8 Å². The summed E-state index contributed by atoms with van der Waals surface area (Å²) >= 11 is 6.17. The van der Waals surface area contributed by atoms with Gasteiger partial charge in [0.15, 0.2) is 0 Å². The zero-order chi connectivity index (χ0) is 16.9. The molecule has 0 spiro atoms. The number of fused-ring (bicyclic) bond motifs is 1. The highest BCUT2D eigenvalue weighted by Gasteiger charge is 2.12. The van der Waals surface area contributed by atoms with Crippen molar-refractivity contribution in [1.82, 2.24) is 9.88 Å². The topological polar surface area (TPSA) is 37.2 Å². The number of nitrogens with zero attached hydrogens (tertiary/aromatic N) is 1. The second kappa shape index (κ2) is 7.79. The van der Waals surface area contributed by atoms with Gasteiger partial charge in [0, 0.05) is 40.8 Å². The van der Waals surface area contributed by atoms with Crippen molar-refractivity contribution in [3.63, 3.8) is 0 Å². The van der Waals surface area contributed by atoms with Crippen LogP contribution in [0.4, 0.5) is 4.39 Å². The van der Waals surface area contributed by atoms with E-state index in [1.165, 1.54) is 6.07 Å². The molecule has 0 saturated heterocycles. The van der Waals surface area contributed by atoms with Crippen LogP contribution in [0.2, 0.25) is 5.02 Å². The molecule has 0 unspecified atom stereocenters. The Balaban J connectivity index is 1.91. The molecular formula is C19H20ClFN2O. The standard InChI is InChI=1S/C19H20ClFN2O/c20-17-6-3-7-18(21)16(17)13-23-12-14(11-22-9-4-10-24)15-5-1-2-8-19(15)23/h1-3,5-8,12,22,24H,4,9-11,13H2. The van der Waals surface area contributed by atoms with E-state index in [1.54, 1.807) is 12.1 Å². The van der Waals surface area contributed by atoms with Crippen molar-refractivity contribution in [1.29, 1.82) is 0 Å². The first-order chi connectivity index (χ1) is 11.7. The van der Waals surface area contributed by atoms with Gasteiger partial charge in [0.1, 0.15) is 5.82 Å². The fraction of sp³-hybridized carbons (Fsp3) is 0.263. The molecule has 0 amide bonds. The molecule has 126 valence electrons. The Labute approximate surface area is 145 Å². The highest BCUT2D eigenvalue weighted by molar-refractivity contribution is 6.31. The second-order valence-corrected chi connectivity index (χ2v) is 6.16. The van der Waals surface area contributed by atoms with Gasteiger partial charge in [-0.3, -0.25) is 0 Å². The molecule has 0 bridgehead atoms. The Bertz CT molecular complexity index is 811. The fourth-order valence-corrected chi connectivity index (χ4v) is 3.10. The van der Waals surface area contributed by atoms with Gasteiger partial charge in [0.05, 0.1) is 6.54 Å². The van der Waals surface area contributed by atoms with Crippen LogP contribution in [-0.2, 0) is 13.1 Å². The van der Waals surface area contributed by atoms with Gasteiger partial charge in [-0.1, -0.05) is 35.9 Å². The van der Waals surface area contributed by atoms with Crippen LogP contribution in [0.5, 0.6) is 0 Å². The van der Waals surface area contributed by atoms with Gasteiger partial charge in [0.25, 0.3) is 0 Å². The molecular weight excluding hydrogens is 327 g/mol. The Morgan fingerprint density at radius 1 is 1.12 bits per heavy atom. The zero-order valence-electron chi connectivity index (χ0n) is 13.3. The highest BCUT2D eigenvalue weighted by atomic mass is 35.5. The predicted molar refractivity (Wildman–Crippen MR) is 95.9 cm³/mol. The third-order valence-corrected chi connectivity index (χ3v) is 4.44. The minimum atomic E-state index is -0.289. The SMILES string of the molecule is OCCCNCc1cn(Cc2c(F)cccc2Cl)c2ccccc12. The average Bonchev–Trinajstić information content (AvgIpc) is 2.93. The van der Waals surface area contributed by atoms with Crippen molar-refractivity contribution in [2.75, 3.05) is 13.2 Å². The van der Waals surface area contributed by atoms with E-state index in [4.69, 9.17) is 16.7 Å². The quantitative estimate of drug-likeness (QED) is 0.635. The number of aromatic nitrogens is 1. The molecule has 1 heterocycles. The largest absolute Gasteiger partial charge is 0.396 e. The van der Waals surface area contributed by atoms with E-state index in [9.17, 15) is 4.39 Å². The number of nitrogens with one attached hydrogen (secondary N) is 1. The summed E-state index contributed by atoms with van der Waals surface area (Å²) in [4.78, 5) is 0. The molecule has 1 aromatic heterocycles. The Kier molecular flexibility index (Phi) is 5.51. The lowest BCUT2D eigenvalue weighted by Crippen LogP contribution is -2.15. The fourth-order valence-electron chi connectivity index (χ4n) is 2.88. The van der Waals surface area contributed by atoms with Gasteiger partial charge in [-0.05, 0) is 36.7 Å². The minimum absolute atomic E-state index is 0.181. The monoisotopic (exact) mass is 346 g/mol. The van der Waals surface area contributed by atoms with E-state index >= 15 is 0 Å². The normalized spacial score (nSPS) is 11.3. The number of hydrogen-bond acceptors (Lipinski definition) is 2. The second-order valence-electron chi connectivity index (χ2n) is 5.75. The molecule has 0 atom stereocenters. The number of hydrogen-bond donors (Lipinski definition) is 2. The molecule has 0 aliphatic heterocycles. The molecule has 3 aromatic rings.